The molecule has 1 aromatic heterocycles. The van der Waals surface area contributed by atoms with Gasteiger partial charge in [0.1, 0.15) is 0 Å². The second-order valence-electron chi connectivity index (χ2n) is 3.76. The maximum atomic E-state index is 12.1. The molecule has 0 aliphatic rings. The van der Waals surface area contributed by atoms with E-state index in [1.54, 1.807) is 10.9 Å². The van der Waals surface area contributed by atoms with Crippen LogP contribution in [0.3, 0.4) is 0 Å². The van der Waals surface area contributed by atoms with Crippen LogP contribution in [0.4, 0.5) is 0 Å². The lowest BCUT2D eigenvalue weighted by Gasteiger charge is -2.06. The Morgan fingerprint density at radius 1 is 1.47 bits per heavy atom. The van der Waals surface area contributed by atoms with E-state index in [4.69, 9.17) is 0 Å². The largest absolute Gasteiger partial charge is 0.315 e. The molecule has 1 aromatic carbocycles. The van der Waals surface area contributed by atoms with Crippen molar-refractivity contribution in [2.45, 2.75) is 13.5 Å². The Labute approximate surface area is 108 Å². The first-order chi connectivity index (χ1) is 8.22. The van der Waals surface area contributed by atoms with Crippen LogP contribution in [0.1, 0.15) is 6.92 Å². The summed E-state index contributed by atoms with van der Waals surface area (Å²) in [6.07, 6.45) is 1.61. The lowest BCUT2D eigenvalue weighted by molar-refractivity contribution is 0.595. The number of hydrogen-bond acceptors (Lipinski definition) is 3. The molecule has 0 fully saturated rings. The number of halogens is 1. The topological polar surface area (TPSA) is 46.9 Å². The summed E-state index contributed by atoms with van der Waals surface area (Å²) < 4.78 is 2.53. The minimum atomic E-state index is 0.00852. The van der Waals surface area contributed by atoms with E-state index in [0.717, 1.165) is 23.1 Å². The highest BCUT2D eigenvalue weighted by Crippen LogP contribution is 2.14. The van der Waals surface area contributed by atoms with Crippen molar-refractivity contribution in [2.75, 3.05) is 13.1 Å². The number of likely N-dealkylation sites (N-methyl/N-ethyl adjacent to an activating group) is 1. The normalized spacial score (nSPS) is 10.9. The van der Waals surface area contributed by atoms with Gasteiger partial charge in [0.25, 0.3) is 5.56 Å². The Kier molecular flexibility index (Phi) is 3.91. The van der Waals surface area contributed by atoms with Gasteiger partial charge in [-0.3, -0.25) is 9.36 Å². The summed E-state index contributed by atoms with van der Waals surface area (Å²) in [5, 5.41) is 3.84. The van der Waals surface area contributed by atoms with E-state index >= 15 is 0 Å². The van der Waals surface area contributed by atoms with Crippen LogP contribution < -0.4 is 10.9 Å². The van der Waals surface area contributed by atoms with Crippen LogP contribution in [0, 0.1) is 0 Å². The lowest BCUT2D eigenvalue weighted by atomic mass is 10.2. The molecule has 4 nitrogen and oxygen atoms in total. The van der Waals surface area contributed by atoms with Gasteiger partial charge in [0.05, 0.1) is 17.2 Å². The van der Waals surface area contributed by atoms with Crippen LogP contribution in [-0.4, -0.2) is 22.6 Å². The van der Waals surface area contributed by atoms with Gasteiger partial charge in [0.2, 0.25) is 0 Å². The molecule has 0 radical (unpaired) electrons. The first kappa shape index (κ1) is 12.3. The summed E-state index contributed by atoms with van der Waals surface area (Å²) >= 11 is 3.37. The Morgan fingerprint density at radius 2 is 2.29 bits per heavy atom. The standard InChI is InChI=1S/C12H14BrN3O/c1-2-14-5-6-16-8-15-11-4-3-9(13)7-10(11)12(16)17/h3-4,7-8,14H,2,5-6H2,1H3. The average Bonchev–Trinajstić information content (AvgIpc) is 2.33. The van der Waals surface area contributed by atoms with Crippen molar-refractivity contribution in [1.29, 1.82) is 0 Å². The summed E-state index contributed by atoms with van der Waals surface area (Å²) in [5.41, 5.74) is 0.743. The molecule has 1 heterocycles. The van der Waals surface area contributed by atoms with Crippen LogP contribution >= 0.6 is 15.9 Å². The Bertz CT molecular complexity index is 579. The fourth-order valence-electron chi connectivity index (χ4n) is 1.67. The minimum absolute atomic E-state index is 0.00852. The predicted octanol–water partition coefficient (Wildman–Crippen LogP) is 1.77. The molecule has 0 atom stereocenters. The van der Waals surface area contributed by atoms with Crippen molar-refractivity contribution in [1.82, 2.24) is 14.9 Å². The predicted molar refractivity (Wildman–Crippen MR) is 72.2 cm³/mol. The Morgan fingerprint density at radius 3 is 3.06 bits per heavy atom. The fraction of sp³-hybridized carbons (Fsp3) is 0.333. The van der Waals surface area contributed by atoms with E-state index in [9.17, 15) is 4.79 Å². The van der Waals surface area contributed by atoms with E-state index in [1.165, 1.54) is 0 Å². The molecule has 2 rings (SSSR count). The van der Waals surface area contributed by atoms with Crippen LogP contribution in [0.15, 0.2) is 33.8 Å². The highest BCUT2D eigenvalue weighted by Gasteiger charge is 2.03. The molecule has 17 heavy (non-hydrogen) atoms. The van der Waals surface area contributed by atoms with Gasteiger partial charge >= 0.3 is 0 Å². The summed E-state index contributed by atoms with van der Waals surface area (Å²) in [6.45, 7) is 4.36. The van der Waals surface area contributed by atoms with Crippen molar-refractivity contribution in [3.8, 4) is 0 Å². The van der Waals surface area contributed by atoms with Gasteiger partial charge in [-0.05, 0) is 24.7 Å². The summed E-state index contributed by atoms with van der Waals surface area (Å²) in [6, 6.07) is 5.54. The zero-order chi connectivity index (χ0) is 12.3. The van der Waals surface area contributed by atoms with Crippen molar-refractivity contribution in [3.05, 3.63) is 39.4 Å². The van der Waals surface area contributed by atoms with Gasteiger partial charge in [-0.25, -0.2) is 4.98 Å². The molecule has 0 amide bonds. The molecule has 0 saturated carbocycles. The Hall–Kier alpha value is -1.20. The van der Waals surface area contributed by atoms with E-state index in [-0.39, 0.29) is 5.56 Å². The first-order valence-corrected chi connectivity index (χ1v) is 6.37. The number of fused-ring (bicyclic) bond motifs is 1. The molecule has 1 N–H and O–H groups in total. The van der Waals surface area contributed by atoms with Gasteiger partial charge in [-0.15, -0.1) is 0 Å². The van der Waals surface area contributed by atoms with Crippen LogP contribution in [0.5, 0.6) is 0 Å². The molecular weight excluding hydrogens is 282 g/mol. The molecule has 5 heteroatoms. The van der Waals surface area contributed by atoms with E-state index in [2.05, 4.69) is 26.2 Å². The van der Waals surface area contributed by atoms with Gasteiger partial charge in [-0.1, -0.05) is 22.9 Å². The molecule has 2 aromatic rings. The highest BCUT2D eigenvalue weighted by molar-refractivity contribution is 9.10. The molecular formula is C12H14BrN3O. The maximum absolute atomic E-state index is 12.1. The summed E-state index contributed by atoms with van der Waals surface area (Å²) in [4.78, 5) is 16.4. The lowest BCUT2D eigenvalue weighted by Crippen LogP contribution is -2.27. The summed E-state index contributed by atoms with van der Waals surface area (Å²) in [5.74, 6) is 0. The zero-order valence-electron chi connectivity index (χ0n) is 9.61. The number of aromatic nitrogens is 2. The third-order valence-electron chi connectivity index (χ3n) is 2.57. The number of nitrogens with zero attached hydrogens (tertiary/aromatic N) is 2. The molecule has 0 saturated heterocycles. The van der Waals surface area contributed by atoms with Crippen LogP contribution in [0.25, 0.3) is 10.9 Å². The third-order valence-corrected chi connectivity index (χ3v) is 3.06. The summed E-state index contributed by atoms with van der Waals surface area (Å²) in [7, 11) is 0. The second kappa shape index (κ2) is 5.42. The van der Waals surface area contributed by atoms with Crippen molar-refractivity contribution in [2.24, 2.45) is 0 Å². The molecule has 0 bridgehead atoms. The number of benzene rings is 1. The fourth-order valence-corrected chi connectivity index (χ4v) is 2.03. The van der Waals surface area contributed by atoms with Crippen LogP contribution in [0.2, 0.25) is 0 Å². The van der Waals surface area contributed by atoms with Crippen molar-refractivity contribution < 1.29 is 0 Å². The smallest absolute Gasteiger partial charge is 0.261 e. The Balaban J connectivity index is 2.39. The molecule has 90 valence electrons. The quantitative estimate of drug-likeness (QED) is 0.875. The van der Waals surface area contributed by atoms with Crippen molar-refractivity contribution in [3.63, 3.8) is 0 Å². The third kappa shape index (κ3) is 2.73. The zero-order valence-corrected chi connectivity index (χ0v) is 11.2. The number of rotatable bonds is 4. The SMILES string of the molecule is CCNCCn1cnc2ccc(Br)cc2c1=O. The molecule has 0 unspecified atom stereocenters. The first-order valence-electron chi connectivity index (χ1n) is 5.58. The van der Waals surface area contributed by atoms with Gasteiger partial charge in [0.15, 0.2) is 0 Å². The van der Waals surface area contributed by atoms with E-state index in [0.29, 0.717) is 11.9 Å². The molecule has 0 aliphatic carbocycles. The van der Waals surface area contributed by atoms with E-state index < -0.39 is 0 Å². The highest BCUT2D eigenvalue weighted by atomic mass is 79.9. The van der Waals surface area contributed by atoms with Gasteiger partial charge in [-0.2, -0.15) is 0 Å². The van der Waals surface area contributed by atoms with Crippen molar-refractivity contribution >= 4 is 26.8 Å². The maximum Gasteiger partial charge on any atom is 0.261 e. The number of nitrogens with one attached hydrogen (secondary N) is 1. The van der Waals surface area contributed by atoms with Gasteiger partial charge < -0.3 is 5.32 Å². The molecule has 0 aliphatic heterocycles. The molecule has 0 spiro atoms. The van der Waals surface area contributed by atoms with Gasteiger partial charge in [0, 0.05) is 17.6 Å². The second-order valence-corrected chi connectivity index (χ2v) is 4.67. The minimum Gasteiger partial charge on any atom is -0.315 e. The van der Waals surface area contributed by atoms with Crippen LogP contribution in [-0.2, 0) is 6.54 Å². The number of hydrogen-bond donors (Lipinski definition) is 1. The average molecular weight is 296 g/mol. The van der Waals surface area contributed by atoms with E-state index in [1.807, 2.05) is 25.1 Å². The monoisotopic (exact) mass is 295 g/mol.